The van der Waals surface area contributed by atoms with Crippen molar-refractivity contribution >= 4 is 27.6 Å². The van der Waals surface area contributed by atoms with Crippen LogP contribution in [0.1, 0.15) is 29.6 Å². The lowest BCUT2D eigenvalue weighted by Crippen LogP contribution is -2.27. The van der Waals surface area contributed by atoms with E-state index in [1.54, 1.807) is 18.2 Å². The summed E-state index contributed by atoms with van der Waals surface area (Å²) in [5.41, 5.74) is 0.839. The highest BCUT2D eigenvalue weighted by Crippen LogP contribution is 2.24. The quantitative estimate of drug-likeness (QED) is 0.753. The van der Waals surface area contributed by atoms with Crippen molar-refractivity contribution in [1.29, 1.82) is 0 Å². The molecule has 22 heavy (non-hydrogen) atoms. The van der Waals surface area contributed by atoms with Gasteiger partial charge in [-0.15, -0.1) is 0 Å². The predicted molar refractivity (Wildman–Crippen MR) is 81.4 cm³/mol. The van der Waals surface area contributed by atoms with Gasteiger partial charge in [-0.3, -0.25) is 13.9 Å². The predicted octanol–water partition coefficient (Wildman–Crippen LogP) is 0.821. The van der Waals surface area contributed by atoms with Crippen LogP contribution in [-0.2, 0) is 14.8 Å². The summed E-state index contributed by atoms with van der Waals surface area (Å²) < 4.78 is 25.1. The van der Waals surface area contributed by atoms with Gasteiger partial charge in [-0.1, -0.05) is 6.07 Å². The lowest BCUT2D eigenvalue weighted by Gasteiger charge is -2.17. The van der Waals surface area contributed by atoms with Gasteiger partial charge in [0, 0.05) is 25.1 Å². The monoisotopic (exact) mass is 326 g/mol. The molecule has 0 aromatic heterocycles. The van der Waals surface area contributed by atoms with Crippen molar-refractivity contribution in [3.63, 3.8) is 0 Å². The lowest BCUT2D eigenvalue weighted by atomic mass is 10.2. The van der Waals surface area contributed by atoms with Crippen LogP contribution >= 0.6 is 0 Å². The molecule has 1 aliphatic rings. The standard InChI is InChI=1S/C14H18N2O5S/c17-13(18)6-2-7-15-14(19)11-4-1-5-12(10-11)16-8-3-9-22(16,20)21/h1,4-5,10H,2-3,6-9H2,(H,15,19)(H,17,18). The van der Waals surface area contributed by atoms with Gasteiger partial charge in [-0.05, 0) is 31.0 Å². The van der Waals surface area contributed by atoms with Gasteiger partial charge in [0.1, 0.15) is 0 Å². The number of rotatable bonds is 6. The zero-order chi connectivity index (χ0) is 16.2. The van der Waals surface area contributed by atoms with Crippen molar-refractivity contribution in [2.75, 3.05) is 23.1 Å². The Morgan fingerprint density at radius 2 is 2.09 bits per heavy atom. The van der Waals surface area contributed by atoms with Crippen LogP contribution in [0.4, 0.5) is 5.69 Å². The Labute approximate surface area is 129 Å². The molecule has 1 aromatic carbocycles. The molecule has 1 aromatic rings. The first-order valence-electron chi connectivity index (χ1n) is 7.00. The number of benzene rings is 1. The van der Waals surface area contributed by atoms with E-state index in [2.05, 4.69) is 5.32 Å². The maximum atomic E-state index is 12.0. The Bertz CT molecular complexity index is 672. The molecule has 2 rings (SSSR count). The number of sulfonamides is 1. The number of carbonyl (C=O) groups excluding carboxylic acids is 1. The summed E-state index contributed by atoms with van der Waals surface area (Å²) in [6.45, 7) is 0.684. The molecular weight excluding hydrogens is 308 g/mol. The number of amides is 1. The Hall–Kier alpha value is -2.09. The molecule has 1 fully saturated rings. The first kappa shape index (κ1) is 16.3. The average Bonchev–Trinajstić information content (AvgIpc) is 2.83. The second kappa shape index (κ2) is 6.78. The zero-order valence-corrected chi connectivity index (χ0v) is 12.8. The Balaban J connectivity index is 2.02. The van der Waals surface area contributed by atoms with Crippen LogP contribution in [0.25, 0.3) is 0 Å². The maximum absolute atomic E-state index is 12.0. The molecule has 1 amide bonds. The summed E-state index contributed by atoms with van der Waals surface area (Å²) in [4.78, 5) is 22.4. The van der Waals surface area contributed by atoms with Gasteiger partial charge in [0.15, 0.2) is 0 Å². The van der Waals surface area contributed by atoms with Crippen LogP contribution in [0.2, 0.25) is 0 Å². The van der Waals surface area contributed by atoms with E-state index in [4.69, 9.17) is 5.11 Å². The average molecular weight is 326 g/mol. The second-order valence-electron chi connectivity index (χ2n) is 5.05. The number of carbonyl (C=O) groups is 2. The highest BCUT2D eigenvalue weighted by Gasteiger charge is 2.28. The van der Waals surface area contributed by atoms with E-state index in [0.29, 0.717) is 30.6 Å². The van der Waals surface area contributed by atoms with E-state index in [-0.39, 0.29) is 24.6 Å². The highest BCUT2D eigenvalue weighted by molar-refractivity contribution is 7.93. The lowest BCUT2D eigenvalue weighted by molar-refractivity contribution is -0.137. The molecule has 1 aliphatic heterocycles. The fourth-order valence-corrected chi connectivity index (χ4v) is 3.83. The Kier molecular flexibility index (Phi) is 5.02. The number of hydrogen-bond donors (Lipinski definition) is 2. The smallest absolute Gasteiger partial charge is 0.303 e. The summed E-state index contributed by atoms with van der Waals surface area (Å²) in [7, 11) is -3.28. The number of carboxylic acid groups (broad SMARTS) is 1. The fraction of sp³-hybridized carbons (Fsp3) is 0.429. The first-order valence-corrected chi connectivity index (χ1v) is 8.61. The summed E-state index contributed by atoms with van der Waals surface area (Å²) in [5.74, 6) is -1.13. The van der Waals surface area contributed by atoms with E-state index < -0.39 is 16.0 Å². The fourth-order valence-electron chi connectivity index (χ4n) is 2.28. The van der Waals surface area contributed by atoms with Gasteiger partial charge in [-0.2, -0.15) is 0 Å². The number of aliphatic carboxylic acids is 1. The van der Waals surface area contributed by atoms with Gasteiger partial charge in [0.05, 0.1) is 11.4 Å². The molecule has 0 spiro atoms. The minimum atomic E-state index is -3.28. The first-order chi connectivity index (χ1) is 10.4. The number of hydrogen-bond acceptors (Lipinski definition) is 4. The molecule has 0 aliphatic carbocycles. The van der Waals surface area contributed by atoms with Crippen LogP contribution in [0.5, 0.6) is 0 Å². The van der Waals surface area contributed by atoms with Gasteiger partial charge in [0.2, 0.25) is 10.0 Å². The summed E-state index contributed by atoms with van der Waals surface area (Å²) in [6.07, 6.45) is 0.918. The Morgan fingerprint density at radius 3 is 2.73 bits per heavy atom. The van der Waals surface area contributed by atoms with Crippen LogP contribution in [-0.4, -0.2) is 44.2 Å². The minimum absolute atomic E-state index is 0.00760. The second-order valence-corrected chi connectivity index (χ2v) is 7.06. The van der Waals surface area contributed by atoms with E-state index in [0.717, 1.165) is 0 Å². The SMILES string of the molecule is O=C(O)CCCNC(=O)c1cccc(N2CCCS2(=O)=O)c1. The van der Waals surface area contributed by atoms with Gasteiger partial charge in [-0.25, -0.2) is 8.42 Å². The molecule has 120 valence electrons. The summed E-state index contributed by atoms with van der Waals surface area (Å²) >= 11 is 0. The van der Waals surface area contributed by atoms with Crippen LogP contribution in [0.15, 0.2) is 24.3 Å². The molecule has 8 heteroatoms. The molecular formula is C14H18N2O5S. The summed E-state index contributed by atoms with van der Waals surface area (Å²) in [6, 6.07) is 6.42. The van der Waals surface area contributed by atoms with E-state index in [9.17, 15) is 18.0 Å². The van der Waals surface area contributed by atoms with Crippen molar-refractivity contribution in [1.82, 2.24) is 5.32 Å². The van der Waals surface area contributed by atoms with E-state index in [1.165, 1.54) is 10.4 Å². The number of nitrogens with one attached hydrogen (secondary N) is 1. The normalized spacial score (nSPS) is 16.5. The summed E-state index contributed by atoms with van der Waals surface area (Å²) in [5, 5.41) is 11.2. The topological polar surface area (TPSA) is 104 Å². The van der Waals surface area contributed by atoms with E-state index in [1.807, 2.05) is 0 Å². The minimum Gasteiger partial charge on any atom is -0.481 e. The van der Waals surface area contributed by atoms with Crippen LogP contribution in [0.3, 0.4) is 0 Å². The van der Waals surface area contributed by atoms with Crippen molar-refractivity contribution in [2.24, 2.45) is 0 Å². The molecule has 0 atom stereocenters. The van der Waals surface area contributed by atoms with Gasteiger partial charge < -0.3 is 10.4 Å². The highest BCUT2D eigenvalue weighted by atomic mass is 32.2. The molecule has 1 saturated heterocycles. The molecule has 0 unspecified atom stereocenters. The molecule has 7 nitrogen and oxygen atoms in total. The third-order valence-corrected chi connectivity index (χ3v) is 5.22. The molecule has 1 heterocycles. The number of carboxylic acids is 1. The third-order valence-electron chi connectivity index (χ3n) is 3.35. The number of nitrogens with zero attached hydrogens (tertiary/aromatic N) is 1. The van der Waals surface area contributed by atoms with Crippen LogP contribution in [0, 0.1) is 0 Å². The Morgan fingerprint density at radius 1 is 1.32 bits per heavy atom. The van der Waals surface area contributed by atoms with Crippen LogP contribution < -0.4 is 9.62 Å². The molecule has 0 bridgehead atoms. The van der Waals surface area contributed by atoms with Gasteiger partial charge in [0.25, 0.3) is 5.91 Å². The molecule has 0 radical (unpaired) electrons. The van der Waals surface area contributed by atoms with Crippen molar-refractivity contribution in [2.45, 2.75) is 19.3 Å². The number of anilines is 1. The third kappa shape index (κ3) is 3.97. The van der Waals surface area contributed by atoms with Crippen molar-refractivity contribution < 1.29 is 23.1 Å². The maximum Gasteiger partial charge on any atom is 0.303 e. The zero-order valence-electron chi connectivity index (χ0n) is 12.0. The largest absolute Gasteiger partial charge is 0.481 e. The van der Waals surface area contributed by atoms with E-state index >= 15 is 0 Å². The van der Waals surface area contributed by atoms with Crippen molar-refractivity contribution in [3.05, 3.63) is 29.8 Å². The van der Waals surface area contributed by atoms with Gasteiger partial charge >= 0.3 is 5.97 Å². The molecule has 2 N–H and O–H groups in total. The van der Waals surface area contributed by atoms with Crippen molar-refractivity contribution in [3.8, 4) is 0 Å². The molecule has 0 saturated carbocycles.